The van der Waals surface area contributed by atoms with E-state index in [1.165, 1.54) is 10.5 Å². The second kappa shape index (κ2) is 5.51. The van der Waals surface area contributed by atoms with E-state index in [1.807, 2.05) is 43.8 Å². The smallest absolute Gasteiger partial charge is 0.125 e. The van der Waals surface area contributed by atoms with Crippen molar-refractivity contribution < 1.29 is 0 Å². The minimum Gasteiger partial charge on any atom is -0.373 e. The molecule has 0 bridgehead atoms. The van der Waals surface area contributed by atoms with Gasteiger partial charge in [0.25, 0.3) is 0 Å². The molecule has 0 fully saturated rings. The SMILES string of the molecule is CNc1ccc(CSc2ccncc2)cn1. The fourth-order valence-corrected chi connectivity index (χ4v) is 2.08. The van der Waals surface area contributed by atoms with E-state index >= 15 is 0 Å². The van der Waals surface area contributed by atoms with E-state index in [0.717, 1.165) is 11.6 Å². The van der Waals surface area contributed by atoms with Gasteiger partial charge in [0.15, 0.2) is 0 Å². The van der Waals surface area contributed by atoms with Crippen LogP contribution in [0.2, 0.25) is 0 Å². The zero-order chi connectivity index (χ0) is 11.2. The minimum atomic E-state index is 0.901. The summed E-state index contributed by atoms with van der Waals surface area (Å²) in [5.41, 5.74) is 1.22. The molecule has 0 atom stereocenters. The van der Waals surface area contributed by atoms with Crippen molar-refractivity contribution in [3.05, 3.63) is 48.4 Å². The van der Waals surface area contributed by atoms with Crippen LogP contribution < -0.4 is 5.32 Å². The molecule has 3 nitrogen and oxygen atoms in total. The van der Waals surface area contributed by atoms with Crippen molar-refractivity contribution in [3.63, 3.8) is 0 Å². The highest BCUT2D eigenvalue weighted by Gasteiger charge is 1.96. The molecule has 2 rings (SSSR count). The van der Waals surface area contributed by atoms with Crippen molar-refractivity contribution in [1.29, 1.82) is 0 Å². The van der Waals surface area contributed by atoms with Crippen molar-refractivity contribution in [2.45, 2.75) is 10.6 Å². The Kier molecular flexibility index (Phi) is 3.77. The highest BCUT2D eigenvalue weighted by Crippen LogP contribution is 2.21. The lowest BCUT2D eigenvalue weighted by Gasteiger charge is -2.02. The average Bonchev–Trinajstić information content (AvgIpc) is 2.38. The Morgan fingerprint density at radius 2 is 2.00 bits per heavy atom. The van der Waals surface area contributed by atoms with Crippen molar-refractivity contribution in [2.24, 2.45) is 0 Å². The topological polar surface area (TPSA) is 37.8 Å². The van der Waals surface area contributed by atoms with Crippen LogP contribution >= 0.6 is 11.8 Å². The summed E-state index contributed by atoms with van der Waals surface area (Å²) in [6.07, 6.45) is 5.52. The van der Waals surface area contributed by atoms with Crippen LogP contribution in [0.1, 0.15) is 5.56 Å². The third-order valence-electron chi connectivity index (χ3n) is 2.14. The molecule has 0 amide bonds. The number of anilines is 1. The van der Waals surface area contributed by atoms with Crippen molar-refractivity contribution in [1.82, 2.24) is 9.97 Å². The molecule has 0 saturated heterocycles. The van der Waals surface area contributed by atoms with Gasteiger partial charge in [0.05, 0.1) is 0 Å². The number of pyridine rings is 2. The highest BCUT2D eigenvalue weighted by atomic mass is 32.2. The first-order valence-electron chi connectivity index (χ1n) is 5.04. The van der Waals surface area contributed by atoms with Crippen LogP contribution in [0.3, 0.4) is 0 Å². The molecule has 16 heavy (non-hydrogen) atoms. The Bertz CT molecular complexity index is 428. The highest BCUT2D eigenvalue weighted by molar-refractivity contribution is 7.98. The minimum absolute atomic E-state index is 0.901. The molecule has 0 aliphatic carbocycles. The van der Waals surface area contributed by atoms with Gasteiger partial charge in [0, 0.05) is 36.3 Å². The molecule has 82 valence electrons. The Labute approximate surface area is 99.3 Å². The van der Waals surface area contributed by atoms with Crippen LogP contribution in [0.5, 0.6) is 0 Å². The first-order chi connectivity index (χ1) is 7.88. The molecule has 2 heterocycles. The van der Waals surface area contributed by atoms with Crippen LogP contribution in [-0.2, 0) is 5.75 Å². The quantitative estimate of drug-likeness (QED) is 0.821. The molecular weight excluding hydrogens is 218 g/mol. The van der Waals surface area contributed by atoms with Gasteiger partial charge in [0.1, 0.15) is 5.82 Å². The largest absolute Gasteiger partial charge is 0.373 e. The molecular formula is C12H13N3S. The van der Waals surface area contributed by atoms with Crippen LogP contribution in [0, 0.1) is 0 Å². The lowest BCUT2D eigenvalue weighted by atomic mass is 10.3. The number of nitrogens with zero attached hydrogens (tertiary/aromatic N) is 2. The first-order valence-corrected chi connectivity index (χ1v) is 6.02. The van der Waals surface area contributed by atoms with E-state index in [2.05, 4.69) is 21.4 Å². The number of rotatable bonds is 4. The summed E-state index contributed by atoms with van der Waals surface area (Å²) in [6, 6.07) is 8.11. The summed E-state index contributed by atoms with van der Waals surface area (Å²) >= 11 is 1.79. The van der Waals surface area contributed by atoms with Crippen molar-refractivity contribution >= 4 is 17.6 Å². The van der Waals surface area contributed by atoms with Gasteiger partial charge in [-0.1, -0.05) is 6.07 Å². The summed E-state index contributed by atoms with van der Waals surface area (Å²) < 4.78 is 0. The molecule has 2 aromatic heterocycles. The molecule has 0 aromatic carbocycles. The normalized spacial score (nSPS) is 10.1. The third-order valence-corrected chi connectivity index (χ3v) is 3.22. The molecule has 0 unspecified atom stereocenters. The Morgan fingerprint density at radius 3 is 2.62 bits per heavy atom. The molecule has 0 spiro atoms. The Morgan fingerprint density at radius 1 is 1.19 bits per heavy atom. The summed E-state index contributed by atoms with van der Waals surface area (Å²) in [7, 11) is 1.87. The lowest BCUT2D eigenvalue weighted by molar-refractivity contribution is 1.22. The second-order valence-corrected chi connectivity index (χ2v) is 4.32. The number of aromatic nitrogens is 2. The zero-order valence-electron chi connectivity index (χ0n) is 9.05. The molecule has 0 saturated carbocycles. The number of hydrogen-bond acceptors (Lipinski definition) is 4. The third kappa shape index (κ3) is 2.97. The molecule has 4 heteroatoms. The molecule has 0 aliphatic heterocycles. The zero-order valence-corrected chi connectivity index (χ0v) is 9.87. The molecule has 1 N–H and O–H groups in total. The van der Waals surface area contributed by atoms with Gasteiger partial charge in [-0.25, -0.2) is 4.98 Å². The first kappa shape index (κ1) is 11.0. The Hall–Kier alpha value is -1.55. The fraction of sp³-hybridized carbons (Fsp3) is 0.167. The maximum Gasteiger partial charge on any atom is 0.125 e. The van der Waals surface area contributed by atoms with Gasteiger partial charge < -0.3 is 5.32 Å². The van der Waals surface area contributed by atoms with Gasteiger partial charge in [-0.2, -0.15) is 0 Å². The lowest BCUT2D eigenvalue weighted by Crippen LogP contribution is -1.92. The predicted molar refractivity (Wildman–Crippen MR) is 67.6 cm³/mol. The number of nitrogens with one attached hydrogen (secondary N) is 1. The van der Waals surface area contributed by atoms with E-state index in [-0.39, 0.29) is 0 Å². The Balaban J connectivity index is 1.94. The van der Waals surface area contributed by atoms with Crippen LogP contribution in [0.25, 0.3) is 0 Å². The molecule has 0 aliphatic rings. The van der Waals surface area contributed by atoms with Gasteiger partial charge in [-0.15, -0.1) is 11.8 Å². The van der Waals surface area contributed by atoms with Gasteiger partial charge >= 0.3 is 0 Å². The summed E-state index contributed by atoms with van der Waals surface area (Å²) in [4.78, 5) is 9.49. The van der Waals surface area contributed by atoms with E-state index in [9.17, 15) is 0 Å². The van der Waals surface area contributed by atoms with Crippen LogP contribution in [0.4, 0.5) is 5.82 Å². The molecule has 0 radical (unpaired) electrons. The number of hydrogen-bond donors (Lipinski definition) is 1. The average molecular weight is 231 g/mol. The standard InChI is InChI=1S/C12H13N3S/c1-13-12-3-2-10(8-15-12)9-16-11-4-6-14-7-5-11/h2-8H,9H2,1H3,(H,13,15). The van der Waals surface area contributed by atoms with E-state index in [1.54, 1.807) is 11.8 Å². The summed E-state index contributed by atoms with van der Waals surface area (Å²) in [5.74, 6) is 1.83. The maximum atomic E-state index is 4.27. The second-order valence-electron chi connectivity index (χ2n) is 3.27. The van der Waals surface area contributed by atoms with Crippen molar-refractivity contribution in [2.75, 3.05) is 12.4 Å². The van der Waals surface area contributed by atoms with E-state index in [0.29, 0.717) is 0 Å². The van der Waals surface area contributed by atoms with Gasteiger partial charge in [0.2, 0.25) is 0 Å². The summed E-state index contributed by atoms with van der Waals surface area (Å²) in [6.45, 7) is 0. The fourth-order valence-electron chi connectivity index (χ4n) is 1.26. The van der Waals surface area contributed by atoms with Crippen LogP contribution in [0.15, 0.2) is 47.8 Å². The van der Waals surface area contributed by atoms with Gasteiger partial charge in [-0.05, 0) is 23.8 Å². The van der Waals surface area contributed by atoms with Gasteiger partial charge in [-0.3, -0.25) is 4.98 Å². The predicted octanol–water partition coefficient (Wildman–Crippen LogP) is 2.81. The van der Waals surface area contributed by atoms with Crippen LogP contribution in [-0.4, -0.2) is 17.0 Å². The number of thioether (sulfide) groups is 1. The monoisotopic (exact) mass is 231 g/mol. The maximum absolute atomic E-state index is 4.27. The van der Waals surface area contributed by atoms with Crippen molar-refractivity contribution in [3.8, 4) is 0 Å². The summed E-state index contributed by atoms with van der Waals surface area (Å²) in [5, 5.41) is 3.00. The molecule has 2 aromatic rings. The van der Waals surface area contributed by atoms with E-state index in [4.69, 9.17) is 0 Å². The van der Waals surface area contributed by atoms with E-state index < -0.39 is 0 Å².